The van der Waals surface area contributed by atoms with Gasteiger partial charge in [0.15, 0.2) is 0 Å². The van der Waals surface area contributed by atoms with E-state index in [2.05, 4.69) is 0 Å². The molecule has 0 aromatic heterocycles. The Kier molecular flexibility index (Phi) is 6.29. The number of benzene rings is 1. The first-order valence-corrected chi connectivity index (χ1v) is 11.6. The Hall–Kier alpha value is -1.07. The van der Waals surface area contributed by atoms with Crippen molar-refractivity contribution in [2.75, 3.05) is 7.11 Å². The summed E-state index contributed by atoms with van der Waals surface area (Å²) in [6, 6.07) is 3.95. The average molecular weight is 380 g/mol. The van der Waals surface area contributed by atoms with Gasteiger partial charge in [-0.3, -0.25) is 0 Å². The van der Waals surface area contributed by atoms with Crippen molar-refractivity contribution in [1.82, 2.24) is 4.31 Å². The fourth-order valence-corrected chi connectivity index (χ4v) is 6.76. The van der Waals surface area contributed by atoms with E-state index in [4.69, 9.17) is 4.74 Å². The van der Waals surface area contributed by atoms with Crippen LogP contribution < -0.4 is 4.74 Å². The summed E-state index contributed by atoms with van der Waals surface area (Å²) in [7, 11) is -2.01. The fourth-order valence-electron chi connectivity index (χ4n) is 4.60. The monoisotopic (exact) mass is 379 g/mol. The molecule has 3 rings (SSSR count). The number of aryl methyl sites for hydroxylation is 2. The Bertz CT molecular complexity index is 699. The first-order valence-electron chi connectivity index (χ1n) is 10.1. The van der Waals surface area contributed by atoms with Crippen LogP contribution in [0.2, 0.25) is 0 Å². The van der Waals surface area contributed by atoms with Gasteiger partial charge < -0.3 is 4.74 Å². The molecule has 0 amide bonds. The number of rotatable bonds is 5. The van der Waals surface area contributed by atoms with E-state index in [9.17, 15) is 8.42 Å². The molecule has 0 spiro atoms. The van der Waals surface area contributed by atoms with Gasteiger partial charge in [-0.25, -0.2) is 8.42 Å². The SMILES string of the molecule is COc1cc(C)c(C)cc1S(=O)(=O)N(C1CCCCC1)C1CCCCC1. The minimum absolute atomic E-state index is 0.142. The van der Waals surface area contributed by atoms with Crippen LogP contribution in [-0.4, -0.2) is 31.9 Å². The van der Waals surface area contributed by atoms with E-state index in [1.54, 1.807) is 7.11 Å². The number of methoxy groups -OCH3 is 1. The molecule has 1 aromatic carbocycles. The molecule has 2 aliphatic carbocycles. The zero-order chi connectivity index (χ0) is 18.7. The van der Waals surface area contributed by atoms with Crippen LogP contribution in [0.4, 0.5) is 0 Å². The van der Waals surface area contributed by atoms with Gasteiger partial charge in [-0.15, -0.1) is 0 Å². The lowest BCUT2D eigenvalue weighted by atomic mass is 9.91. The summed E-state index contributed by atoms with van der Waals surface area (Å²) in [6.45, 7) is 3.97. The van der Waals surface area contributed by atoms with Crippen molar-refractivity contribution in [2.24, 2.45) is 0 Å². The maximum Gasteiger partial charge on any atom is 0.247 e. The Balaban J connectivity index is 2.05. The third-order valence-electron chi connectivity index (χ3n) is 6.20. The predicted molar refractivity (Wildman–Crippen MR) is 105 cm³/mol. The Morgan fingerprint density at radius 1 is 0.846 bits per heavy atom. The number of hydrogen-bond donors (Lipinski definition) is 0. The van der Waals surface area contributed by atoms with Crippen LogP contribution >= 0.6 is 0 Å². The molecule has 26 heavy (non-hydrogen) atoms. The maximum atomic E-state index is 13.8. The second-order valence-corrected chi connectivity index (χ2v) is 9.82. The second-order valence-electron chi connectivity index (χ2n) is 8.01. The maximum absolute atomic E-state index is 13.8. The molecule has 0 atom stereocenters. The summed E-state index contributed by atoms with van der Waals surface area (Å²) >= 11 is 0. The van der Waals surface area contributed by atoms with Gasteiger partial charge in [0.2, 0.25) is 10.0 Å². The van der Waals surface area contributed by atoms with E-state index in [0.29, 0.717) is 10.6 Å². The highest BCUT2D eigenvalue weighted by Crippen LogP contribution is 2.38. The van der Waals surface area contributed by atoms with Gasteiger partial charge >= 0.3 is 0 Å². The summed E-state index contributed by atoms with van der Waals surface area (Å²) in [5, 5.41) is 0. The number of ether oxygens (including phenoxy) is 1. The molecule has 2 saturated carbocycles. The molecular weight excluding hydrogens is 346 g/mol. The van der Waals surface area contributed by atoms with Crippen molar-refractivity contribution >= 4 is 10.0 Å². The molecule has 0 aliphatic heterocycles. The number of hydrogen-bond acceptors (Lipinski definition) is 3. The zero-order valence-electron chi connectivity index (χ0n) is 16.5. The Morgan fingerprint density at radius 3 is 1.77 bits per heavy atom. The molecule has 0 bridgehead atoms. The first kappa shape index (κ1) is 19.7. The summed E-state index contributed by atoms with van der Waals surface area (Å²) < 4.78 is 35.0. The Labute approximate surface area is 159 Å². The molecule has 0 unspecified atom stereocenters. The number of sulfonamides is 1. The van der Waals surface area contributed by atoms with Crippen molar-refractivity contribution < 1.29 is 13.2 Å². The van der Waals surface area contributed by atoms with Crippen molar-refractivity contribution in [3.8, 4) is 5.75 Å². The highest BCUT2D eigenvalue weighted by Gasteiger charge is 2.39. The van der Waals surface area contributed by atoms with E-state index in [1.165, 1.54) is 12.8 Å². The molecule has 1 aromatic rings. The lowest BCUT2D eigenvalue weighted by molar-refractivity contribution is 0.169. The largest absolute Gasteiger partial charge is 0.495 e. The van der Waals surface area contributed by atoms with Crippen molar-refractivity contribution in [3.05, 3.63) is 23.3 Å². The zero-order valence-corrected chi connectivity index (χ0v) is 17.3. The number of nitrogens with zero attached hydrogens (tertiary/aromatic N) is 1. The van der Waals surface area contributed by atoms with Gasteiger partial charge in [-0.2, -0.15) is 4.31 Å². The van der Waals surface area contributed by atoms with Crippen LogP contribution in [0.1, 0.15) is 75.3 Å². The molecule has 5 heteroatoms. The normalized spacial score (nSPS) is 20.5. The van der Waals surface area contributed by atoms with Gasteiger partial charge in [-0.05, 0) is 62.8 Å². The van der Waals surface area contributed by atoms with E-state index in [0.717, 1.165) is 62.5 Å². The van der Waals surface area contributed by atoms with Crippen molar-refractivity contribution in [3.63, 3.8) is 0 Å². The third-order valence-corrected chi connectivity index (χ3v) is 8.23. The van der Waals surface area contributed by atoms with Crippen molar-refractivity contribution in [2.45, 2.75) is 95.0 Å². The van der Waals surface area contributed by atoms with Crippen LogP contribution in [0.3, 0.4) is 0 Å². The summed E-state index contributed by atoms with van der Waals surface area (Å²) in [5.74, 6) is 0.477. The van der Waals surface area contributed by atoms with Gasteiger partial charge in [0.25, 0.3) is 0 Å². The van der Waals surface area contributed by atoms with Gasteiger partial charge in [0.1, 0.15) is 10.6 Å². The molecule has 0 heterocycles. The van der Waals surface area contributed by atoms with Crippen LogP contribution in [0.25, 0.3) is 0 Å². The minimum Gasteiger partial charge on any atom is -0.495 e. The van der Waals surface area contributed by atoms with Crippen molar-refractivity contribution in [1.29, 1.82) is 0 Å². The second kappa shape index (κ2) is 8.30. The fraction of sp³-hybridized carbons (Fsp3) is 0.714. The molecule has 2 aliphatic rings. The topological polar surface area (TPSA) is 46.6 Å². The van der Waals surface area contributed by atoms with Crippen LogP contribution in [0.5, 0.6) is 5.75 Å². The lowest BCUT2D eigenvalue weighted by Gasteiger charge is -2.40. The van der Waals surface area contributed by atoms with E-state index in [1.807, 2.05) is 30.3 Å². The highest BCUT2D eigenvalue weighted by atomic mass is 32.2. The standard InChI is InChI=1S/C21H33NO3S/c1-16-14-20(25-3)21(15-17(16)2)26(23,24)22(18-10-6-4-7-11-18)19-12-8-5-9-13-19/h14-15,18-19H,4-13H2,1-3H3. The Morgan fingerprint density at radius 2 is 1.31 bits per heavy atom. The predicted octanol–water partition coefficient (Wildman–Crippen LogP) is 4.97. The molecule has 146 valence electrons. The van der Waals surface area contributed by atoms with Gasteiger partial charge in [-0.1, -0.05) is 38.5 Å². The molecule has 0 N–H and O–H groups in total. The minimum atomic E-state index is -3.57. The first-order chi connectivity index (χ1) is 12.4. The molecule has 4 nitrogen and oxygen atoms in total. The quantitative estimate of drug-likeness (QED) is 0.726. The van der Waals surface area contributed by atoms with E-state index >= 15 is 0 Å². The molecule has 0 saturated heterocycles. The summed E-state index contributed by atoms with van der Waals surface area (Å²) in [6.07, 6.45) is 10.9. The molecular formula is C21H33NO3S. The smallest absolute Gasteiger partial charge is 0.247 e. The van der Waals surface area contributed by atoms with E-state index < -0.39 is 10.0 Å². The molecule has 0 radical (unpaired) electrons. The molecule has 2 fully saturated rings. The highest BCUT2D eigenvalue weighted by molar-refractivity contribution is 7.89. The van der Waals surface area contributed by atoms with Crippen LogP contribution in [0, 0.1) is 13.8 Å². The van der Waals surface area contributed by atoms with E-state index in [-0.39, 0.29) is 12.1 Å². The lowest BCUT2D eigenvalue weighted by Crippen LogP contribution is -2.48. The summed E-state index contributed by atoms with van der Waals surface area (Å²) in [5.41, 5.74) is 2.05. The third kappa shape index (κ3) is 3.94. The van der Waals surface area contributed by atoms with Gasteiger partial charge in [0, 0.05) is 12.1 Å². The van der Waals surface area contributed by atoms with Crippen LogP contribution in [0.15, 0.2) is 17.0 Å². The van der Waals surface area contributed by atoms with Gasteiger partial charge in [0.05, 0.1) is 7.11 Å². The van der Waals surface area contributed by atoms with Crippen LogP contribution in [-0.2, 0) is 10.0 Å². The average Bonchev–Trinajstić information content (AvgIpc) is 2.65. The summed E-state index contributed by atoms with van der Waals surface area (Å²) in [4.78, 5) is 0.347.